The number of carbonyl (C=O) groups is 2. The number of ether oxygens (including phenoxy) is 2. The number of ketones is 2. The van der Waals surface area contributed by atoms with Gasteiger partial charge in [-0.25, -0.2) is 0 Å². The van der Waals surface area contributed by atoms with Crippen LogP contribution in [0.4, 0.5) is 0 Å². The Hall–Kier alpha value is -2.14. The van der Waals surface area contributed by atoms with Gasteiger partial charge in [0.25, 0.3) is 0 Å². The number of benzene rings is 1. The van der Waals surface area contributed by atoms with E-state index in [-0.39, 0.29) is 29.5 Å². The molecule has 0 saturated heterocycles. The third kappa shape index (κ3) is 3.02. The van der Waals surface area contributed by atoms with Gasteiger partial charge in [-0.05, 0) is 61.6 Å². The normalized spacial score (nSPS) is 33.4. The van der Waals surface area contributed by atoms with Gasteiger partial charge in [-0.15, -0.1) is 0 Å². The molecule has 5 heteroatoms. The van der Waals surface area contributed by atoms with Gasteiger partial charge >= 0.3 is 5.79 Å². The largest absolute Gasteiger partial charge is 0.479 e. The molecule has 1 N–H and O–H groups in total. The Bertz CT molecular complexity index is 899. The fraction of sp³-hybridized carbons (Fsp3) is 0.583. The first-order chi connectivity index (χ1) is 13.6. The zero-order valence-electron chi connectivity index (χ0n) is 17.8. The Labute approximate surface area is 172 Å². The van der Waals surface area contributed by atoms with Gasteiger partial charge in [-0.2, -0.15) is 0 Å². The molecule has 1 aliphatic carbocycles. The fourth-order valence-electron chi connectivity index (χ4n) is 5.39. The molecule has 2 aliphatic heterocycles. The zero-order valence-corrected chi connectivity index (χ0v) is 17.8. The lowest BCUT2D eigenvalue weighted by Gasteiger charge is -2.43. The van der Waals surface area contributed by atoms with Gasteiger partial charge in [0.2, 0.25) is 5.78 Å². The molecule has 5 atom stereocenters. The first-order valence-electron chi connectivity index (χ1n) is 10.6. The number of aliphatic hydroxyl groups is 1. The van der Waals surface area contributed by atoms with E-state index in [0.29, 0.717) is 23.5 Å². The first kappa shape index (κ1) is 20.1. The van der Waals surface area contributed by atoms with Crippen LogP contribution in [-0.4, -0.2) is 28.6 Å². The molecule has 1 saturated carbocycles. The van der Waals surface area contributed by atoms with Crippen molar-refractivity contribution >= 4 is 11.6 Å². The fourth-order valence-corrected chi connectivity index (χ4v) is 5.39. The van der Waals surface area contributed by atoms with Gasteiger partial charge in [0.15, 0.2) is 17.6 Å². The quantitative estimate of drug-likeness (QED) is 0.823. The summed E-state index contributed by atoms with van der Waals surface area (Å²) in [5.41, 5.74) is 2.12. The summed E-state index contributed by atoms with van der Waals surface area (Å²) in [4.78, 5) is 26.2. The van der Waals surface area contributed by atoms with Gasteiger partial charge in [0, 0.05) is 12.3 Å². The van der Waals surface area contributed by atoms with E-state index in [4.69, 9.17) is 9.47 Å². The molecule has 3 aliphatic rings. The highest BCUT2D eigenvalue weighted by molar-refractivity contribution is 6.08. The van der Waals surface area contributed by atoms with Crippen molar-refractivity contribution in [3.63, 3.8) is 0 Å². The van der Waals surface area contributed by atoms with Crippen LogP contribution in [0.1, 0.15) is 62.9 Å². The number of allylic oxidation sites excluding steroid dienone is 2. The van der Waals surface area contributed by atoms with Crippen molar-refractivity contribution in [2.45, 2.75) is 65.8 Å². The van der Waals surface area contributed by atoms with Gasteiger partial charge in [-0.3, -0.25) is 9.59 Å². The summed E-state index contributed by atoms with van der Waals surface area (Å²) in [6, 6.07) is 5.33. The van der Waals surface area contributed by atoms with Crippen LogP contribution in [0.2, 0.25) is 0 Å². The lowest BCUT2D eigenvalue weighted by atomic mass is 9.75. The van der Waals surface area contributed by atoms with E-state index in [1.165, 1.54) is 0 Å². The number of rotatable bonds is 4. The zero-order chi connectivity index (χ0) is 21.1. The predicted molar refractivity (Wildman–Crippen MR) is 109 cm³/mol. The molecule has 0 radical (unpaired) electrons. The van der Waals surface area contributed by atoms with Crippen LogP contribution < -0.4 is 4.74 Å². The van der Waals surface area contributed by atoms with E-state index < -0.39 is 17.7 Å². The predicted octanol–water partition coefficient (Wildman–Crippen LogP) is 4.21. The second kappa shape index (κ2) is 6.98. The van der Waals surface area contributed by atoms with Crippen molar-refractivity contribution in [2.75, 3.05) is 0 Å². The van der Waals surface area contributed by atoms with E-state index >= 15 is 0 Å². The molecular formula is C24H30O5. The van der Waals surface area contributed by atoms with Gasteiger partial charge in [0.05, 0.1) is 5.56 Å². The average molecular weight is 398 g/mol. The number of hydrogen-bond acceptors (Lipinski definition) is 5. The molecule has 1 aromatic rings. The standard InChI is InChI=1S/C24H30O5/c1-12(2)11-17(25)21-15(5)16-10-9-14(4)19(16)23(28-21)24(27)22(26)20-13(3)7-6-8-18(20)29-24/h6-8,12,14,16,19,23,27H,9-11H2,1-5H3/t14-,16+,19+,23+,24+/m0/s1. The van der Waals surface area contributed by atoms with Gasteiger partial charge < -0.3 is 14.6 Å². The summed E-state index contributed by atoms with van der Waals surface area (Å²) in [6.45, 7) is 9.89. The highest BCUT2D eigenvalue weighted by Crippen LogP contribution is 2.52. The number of fused-ring (bicyclic) bond motifs is 2. The molecule has 2 heterocycles. The number of hydrogen-bond donors (Lipinski definition) is 1. The number of carbonyl (C=O) groups excluding carboxylic acids is 2. The van der Waals surface area contributed by atoms with Crippen molar-refractivity contribution in [1.29, 1.82) is 0 Å². The lowest BCUT2D eigenvalue weighted by molar-refractivity contribution is -0.198. The van der Waals surface area contributed by atoms with Crippen LogP contribution >= 0.6 is 0 Å². The highest BCUT2D eigenvalue weighted by Gasteiger charge is 2.62. The van der Waals surface area contributed by atoms with Crippen LogP contribution in [-0.2, 0) is 9.53 Å². The van der Waals surface area contributed by atoms with Gasteiger partial charge in [-0.1, -0.05) is 32.9 Å². The van der Waals surface area contributed by atoms with Crippen LogP contribution in [0.3, 0.4) is 0 Å². The summed E-state index contributed by atoms with van der Waals surface area (Å²) >= 11 is 0. The molecule has 1 fully saturated rings. The molecule has 0 amide bonds. The van der Waals surface area contributed by atoms with Crippen LogP contribution in [0.5, 0.6) is 5.75 Å². The second-order valence-corrected chi connectivity index (χ2v) is 9.39. The molecule has 156 valence electrons. The monoisotopic (exact) mass is 398 g/mol. The lowest BCUT2D eigenvalue weighted by Crippen LogP contribution is -2.58. The van der Waals surface area contributed by atoms with Crippen molar-refractivity contribution in [3.8, 4) is 5.75 Å². The van der Waals surface area contributed by atoms with E-state index in [1.54, 1.807) is 12.1 Å². The summed E-state index contributed by atoms with van der Waals surface area (Å²) in [7, 11) is 0. The van der Waals surface area contributed by atoms with Gasteiger partial charge in [0.1, 0.15) is 5.75 Å². The highest BCUT2D eigenvalue weighted by atomic mass is 16.7. The Morgan fingerprint density at radius 2 is 2.00 bits per heavy atom. The summed E-state index contributed by atoms with van der Waals surface area (Å²) in [6.07, 6.45) is 1.36. The maximum absolute atomic E-state index is 13.3. The Morgan fingerprint density at radius 3 is 2.66 bits per heavy atom. The summed E-state index contributed by atoms with van der Waals surface area (Å²) in [5.74, 6) is -1.46. The Balaban J connectivity index is 1.76. The molecule has 5 nitrogen and oxygen atoms in total. The van der Waals surface area contributed by atoms with E-state index in [9.17, 15) is 14.7 Å². The van der Waals surface area contributed by atoms with Crippen molar-refractivity contribution < 1.29 is 24.2 Å². The minimum atomic E-state index is -2.11. The van der Waals surface area contributed by atoms with Crippen molar-refractivity contribution in [3.05, 3.63) is 40.7 Å². The second-order valence-electron chi connectivity index (χ2n) is 9.39. The van der Waals surface area contributed by atoms with E-state index in [0.717, 1.165) is 24.0 Å². The molecule has 0 aromatic heterocycles. The van der Waals surface area contributed by atoms with Crippen molar-refractivity contribution in [2.24, 2.45) is 23.7 Å². The summed E-state index contributed by atoms with van der Waals surface area (Å²) < 4.78 is 12.1. The molecular weight excluding hydrogens is 368 g/mol. The molecule has 0 unspecified atom stereocenters. The molecule has 29 heavy (non-hydrogen) atoms. The molecule has 4 rings (SSSR count). The van der Waals surface area contributed by atoms with E-state index in [1.807, 2.05) is 33.8 Å². The smallest absolute Gasteiger partial charge is 0.311 e. The maximum Gasteiger partial charge on any atom is 0.311 e. The third-order valence-corrected chi connectivity index (χ3v) is 6.85. The van der Waals surface area contributed by atoms with E-state index in [2.05, 4.69) is 6.92 Å². The molecule has 0 spiro atoms. The minimum absolute atomic E-state index is 0.0664. The maximum atomic E-state index is 13.3. The molecule has 1 aromatic carbocycles. The third-order valence-electron chi connectivity index (χ3n) is 6.85. The number of Topliss-reactive ketones (excluding diaryl/α,β-unsaturated/α-hetero) is 2. The number of aryl methyl sites for hydroxylation is 1. The minimum Gasteiger partial charge on any atom is -0.479 e. The Morgan fingerprint density at radius 1 is 1.28 bits per heavy atom. The van der Waals surface area contributed by atoms with Crippen LogP contribution in [0, 0.1) is 30.6 Å². The van der Waals surface area contributed by atoms with Crippen LogP contribution in [0.25, 0.3) is 0 Å². The Kier molecular flexibility index (Phi) is 4.85. The van der Waals surface area contributed by atoms with Crippen LogP contribution in [0.15, 0.2) is 29.5 Å². The topological polar surface area (TPSA) is 72.8 Å². The van der Waals surface area contributed by atoms with Crippen molar-refractivity contribution in [1.82, 2.24) is 0 Å². The SMILES string of the molecule is CC1=C(C(=O)CC(C)C)O[C@@H]([C@]2(O)Oc3cccc(C)c3C2=O)[C@H]2[C@@H]1CC[C@@H]2C. The molecule has 0 bridgehead atoms. The average Bonchev–Trinajstić information content (AvgIpc) is 3.15. The first-order valence-corrected chi connectivity index (χ1v) is 10.6. The summed E-state index contributed by atoms with van der Waals surface area (Å²) in [5, 5.41) is 11.5.